The van der Waals surface area contributed by atoms with Gasteiger partial charge in [0, 0.05) is 5.56 Å². The fourth-order valence-corrected chi connectivity index (χ4v) is 3.21. The van der Waals surface area contributed by atoms with Crippen molar-refractivity contribution in [1.29, 1.82) is 0 Å². The predicted octanol–water partition coefficient (Wildman–Crippen LogP) is 4.84. The van der Waals surface area contributed by atoms with Gasteiger partial charge in [-0.2, -0.15) is 0 Å². The second-order valence-corrected chi connectivity index (χ2v) is 7.31. The number of hydrogen-bond acceptors (Lipinski definition) is 5. The first-order valence-electron chi connectivity index (χ1n) is 9.92. The standard InChI is InChI=1S/C23H25NO6/c1-14-15(2)30-21(24-14)18-8-7-17-13-19(10-9-16(17)12-18)29-11-5-3-4-6-20(22(25)26)23(27)28/h7-10,12-13,20H,3-6,11H2,1-2H3,(H,25,26)(H,27,28). The van der Waals surface area contributed by atoms with Crippen LogP contribution in [0.25, 0.3) is 22.2 Å². The van der Waals surface area contributed by atoms with Crippen LogP contribution in [0.2, 0.25) is 0 Å². The highest BCUT2D eigenvalue weighted by Gasteiger charge is 2.24. The summed E-state index contributed by atoms with van der Waals surface area (Å²) in [6.07, 6.45) is 2.11. The molecule has 7 nitrogen and oxygen atoms in total. The third-order valence-electron chi connectivity index (χ3n) is 5.09. The van der Waals surface area contributed by atoms with Crippen LogP contribution in [-0.4, -0.2) is 33.7 Å². The quantitative estimate of drug-likeness (QED) is 0.363. The van der Waals surface area contributed by atoms with E-state index in [4.69, 9.17) is 19.4 Å². The first kappa shape index (κ1) is 21.4. The second-order valence-electron chi connectivity index (χ2n) is 7.31. The number of carboxylic acid groups (broad SMARTS) is 2. The van der Waals surface area contributed by atoms with E-state index in [9.17, 15) is 9.59 Å². The minimum atomic E-state index is -1.33. The Balaban J connectivity index is 1.52. The summed E-state index contributed by atoms with van der Waals surface area (Å²) in [5.74, 6) is -1.72. The fraction of sp³-hybridized carbons (Fsp3) is 0.348. The molecule has 0 aliphatic heterocycles. The minimum absolute atomic E-state index is 0.131. The van der Waals surface area contributed by atoms with Crippen molar-refractivity contribution in [2.24, 2.45) is 5.92 Å². The van der Waals surface area contributed by atoms with Crippen molar-refractivity contribution in [3.63, 3.8) is 0 Å². The molecule has 0 saturated carbocycles. The highest BCUT2D eigenvalue weighted by atomic mass is 16.5. The van der Waals surface area contributed by atoms with Crippen LogP contribution in [0.3, 0.4) is 0 Å². The van der Waals surface area contributed by atoms with Crippen LogP contribution >= 0.6 is 0 Å². The van der Waals surface area contributed by atoms with Gasteiger partial charge in [0.1, 0.15) is 11.5 Å². The van der Waals surface area contributed by atoms with Crippen molar-refractivity contribution < 1.29 is 29.0 Å². The summed E-state index contributed by atoms with van der Waals surface area (Å²) < 4.78 is 11.5. The molecule has 30 heavy (non-hydrogen) atoms. The van der Waals surface area contributed by atoms with Crippen LogP contribution < -0.4 is 4.74 Å². The third-order valence-corrected chi connectivity index (χ3v) is 5.09. The largest absolute Gasteiger partial charge is 0.494 e. The van der Waals surface area contributed by atoms with Gasteiger partial charge in [-0.1, -0.05) is 25.0 Å². The molecule has 3 rings (SSSR count). The molecule has 0 aliphatic carbocycles. The van der Waals surface area contributed by atoms with Gasteiger partial charge in [0.15, 0.2) is 5.92 Å². The van der Waals surface area contributed by atoms with Crippen LogP contribution in [0.1, 0.15) is 37.1 Å². The number of aromatic nitrogens is 1. The molecule has 0 amide bonds. The first-order valence-corrected chi connectivity index (χ1v) is 9.92. The van der Waals surface area contributed by atoms with E-state index in [1.165, 1.54) is 0 Å². The number of fused-ring (bicyclic) bond motifs is 1. The monoisotopic (exact) mass is 411 g/mol. The van der Waals surface area contributed by atoms with Crippen LogP contribution in [-0.2, 0) is 9.59 Å². The fourth-order valence-electron chi connectivity index (χ4n) is 3.21. The molecule has 0 spiro atoms. The third kappa shape index (κ3) is 5.17. The number of unbranched alkanes of at least 4 members (excludes halogenated alkanes) is 2. The lowest BCUT2D eigenvalue weighted by molar-refractivity contribution is -0.154. The summed E-state index contributed by atoms with van der Waals surface area (Å²) in [6, 6.07) is 11.9. The SMILES string of the molecule is Cc1nc(-c2ccc3cc(OCCCCCC(C(=O)O)C(=O)O)ccc3c2)oc1C. The van der Waals surface area contributed by atoms with E-state index >= 15 is 0 Å². The number of oxazole rings is 1. The molecule has 1 heterocycles. The number of rotatable bonds is 10. The molecule has 0 radical (unpaired) electrons. The molecule has 0 aliphatic rings. The molecule has 0 atom stereocenters. The Morgan fingerprint density at radius 2 is 1.70 bits per heavy atom. The van der Waals surface area contributed by atoms with Crippen LogP contribution in [0, 0.1) is 19.8 Å². The number of hydrogen-bond donors (Lipinski definition) is 2. The zero-order chi connectivity index (χ0) is 21.7. The zero-order valence-electron chi connectivity index (χ0n) is 17.1. The Bertz CT molecular complexity index is 1020. The molecule has 2 N–H and O–H groups in total. The lowest BCUT2D eigenvalue weighted by Gasteiger charge is -2.09. The van der Waals surface area contributed by atoms with E-state index in [0.717, 1.165) is 40.0 Å². The van der Waals surface area contributed by atoms with Crippen LogP contribution in [0.4, 0.5) is 0 Å². The molecular formula is C23H25NO6. The van der Waals surface area contributed by atoms with Crippen molar-refractivity contribution in [3.05, 3.63) is 47.9 Å². The van der Waals surface area contributed by atoms with Crippen molar-refractivity contribution in [3.8, 4) is 17.2 Å². The van der Waals surface area contributed by atoms with E-state index in [2.05, 4.69) is 4.98 Å². The lowest BCUT2D eigenvalue weighted by atomic mass is 10.0. The predicted molar refractivity (Wildman–Crippen MR) is 112 cm³/mol. The molecule has 0 bridgehead atoms. The molecular weight excluding hydrogens is 386 g/mol. The summed E-state index contributed by atoms with van der Waals surface area (Å²) in [5.41, 5.74) is 1.81. The molecule has 0 unspecified atom stereocenters. The van der Waals surface area contributed by atoms with Gasteiger partial charge in [-0.05, 0) is 61.7 Å². The second kappa shape index (κ2) is 9.43. The van der Waals surface area contributed by atoms with E-state index in [-0.39, 0.29) is 6.42 Å². The van der Waals surface area contributed by atoms with Crippen molar-refractivity contribution in [2.75, 3.05) is 6.61 Å². The molecule has 0 fully saturated rings. The average Bonchev–Trinajstić information content (AvgIpc) is 3.04. The maximum absolute atomic E-state index is 10.9. The Hall–Kier alpha value is -3.35. The number of aliphatic carboxylic acids is 2. The highest BCUT2D eigenvalue weighted by molar-refractivity contribution is 5.92. The Morgan fingerprint density at radius 3 is 2.37 bits per heavy atom. The van der Waals surface area contributed by atoms with Crippen molar-refractivity contribution in [1.82, 2.24) is 4.98 Å². The molecule has 7 heteroatoms. The van der Waals surface area contributed by atoms with Gasteiger partial charge in [-0.15, -0.1) is 0 Å². The molecule has 3 aromatic rings. The first-order chi connectivity index (χ1) is 14.3. The normalized spacial score (nSPS) is 11.2. The number of ether oxygens (including phenoxy) is 1. The van der Waals surface area contributed by atoms with Gasteiger partial charge in [0.05, 0.1) is 12.3 Å². The maximum atomic E-state index is 10.9. The molecule has 1 aromatic heterocycles. The number of aryl methyl sites for hydroxylation is 2. The van der Waals surface area contributed by atoms with Crippen molar-refractivity contribution >= 4 is 22.7 Å². The summed E-state index contributed by atoms with van der Waals surface area (Å²) in [4.78, 5) is 26.2. The summed E-state index contributed by atoms with van der Waals surface area (Å²) in [7, 11) is 0. The Morgan fingerprint density at radius 1 is 1.00 bits per heavy atom. The Labute approximate surface area is 174 Å². The van der Waals surface area contributed by atoms with Crippen LogP contribution in [0.15, 0.2) is 40.8 Å². The van der Waals surface area contributed by atoms with Gasteiger partial charge in [0.2, 0.25) is 5.89 Å². The zero-order valence-corrected chi connectivity index (χ0v) is 17.1. The number of nitrogens with zero attached hydrogens (tertiary/aromatic N) is 1. The van der Waals surface area contributed by atoms with Gasteiger partial charge >= 0.3 is 11.9 Å². The van der Waals surface area contributed by atoms with E-state index < -0.39 is 17.9 Å². The maximum Gasteiger partial charge on any atom is 0.317 e. The molecule has 0 saturated heterocycles. The highest BCUT2D eigenvalue weighted by Crippen LogP contribution is 2.28. The molecule has 2 aromatic carbocycles. The minimum Gasteiger partial charge on any atom is -0.494 e. The van der Waals surface area contributed by atoms with E-state index in [0.29, 0.717) is 25.3 Å². The molecule has 158 valence electrons. The number of carbonyl (C=O) groups is 2. The van der Waals surface area contributed by atoms with Gasteiger partial charge in [-0.25, -0.2) is 4.98 Å². The number of carboxylic acids is 2. The lowest BCUT2D eigenvalue weighted by Crippen LogP contribution is -2.23. The smallest absolute Gasteiger partial charge is 0.317 e. The van der Waals surface area contributed by atoms with E-state index in [1.807, 2.05) is 50.2 Å². The summed E-state index contributed by atoms with van der Waals surface area (Å²) in [6.45, 7) is 4.31. The van der Waals surface area contributed by atoms with Crippen molar-refractivity contribution in [2.45, 2.75) is 39.5 Å². The number of benzene rings is 2. The average molecular weight is 411 g/mol. The van der Waals surface area contributed by atoms with Gasteiger partial charge < -0.3 is 19.4 Å². The van der Waals surface area contributed by atoms with Crippen LogP contribution in [0.5, 0.6) is 5.75 Å². The van der Waals surface area contributed by atoms with Gasteiger partial charge in [-0.3, -0.25) is 9.59 Å². The van der Waals surface area contributed by atoms with E-state index in [1.54, 1.807) is 0 Å². The summed E-state index contributed by atoms with van der Waals surface area (Å²) >= 11 is 0. The Kier molecular flexibility index (Phi) is 6.72. The van der Waals surface area contributed by atoms with Gasteiger partial charge in [0.25, 0.3) is 0 Å². The summed E-state index contributed by atoms with van der Waals surface area (Å²) in [5, 5.41) is 19.8. The topological polar surface area (TPSA) is 110 Å².